The molecule has 0 bridgehead atoms. The Morgan fingerprint density at radius 1 is 1.14 bits per heavy atom. The first-order chi connectivity index (χ1) is 10.1. The number of hydrogen-bond acceptors (Lipinski definition) is 3. The molecule has 0 spiro atoms. The van der Waals surface area contributed by atoms with E-state index in [0.717, 1.165) is 31.9 Å². The number of piperidine rings is 1. The number of likely N-dealkylation sites (N-methyl/N-ethyl adjacent to an activating group) is 1. The first kappa shape index (κ1) is 19.5. The van der Waals surface area contributed by atoms with Gasteiger partial charge in [-0.15, -0.1) is 24.0 Å². The Hall–Kier alpha value is -0.570. The van der Waals surface area contributed by atoms with Crippen molar-refractivity contribution in [3.8, 4) is 0 Å². The van der Waals surface area contributed by atoms with Crippen LogP contribution in [-0.2, 0) is 4.79 Å². The van der Waals surface area contributed by atoms with Crippen LogP contribution in [0.2, 0.25) is 0 Å². The number of likely N-dealkylation sites (tertiary alicyclic amines) is 1. The standard InChI is InChI=1S/C15H29N5O.HI/c1-16-15(17-12-5-4-6-12)18-13-7-9-20(10-8-13)11-14(21)19(2)3;/h12-13H,4-11H2,1-3H3,(H2,16,17,18);1H. The van der Waals surface area contributed by atoms with Gasteiger partial charge in [0.1, 0.15) is 0 Å². The van der Waals surface area contributed by atoms with E-state index in [1.807, 2.05) is 21.1 Å². The zero-order valence-corrected chi connectivity index (χ0v) is 16.3. The van der Waals surface area contributed by atoms with E-state index in [-0.39, 0.29) is 29.9 Å². The third-order valence-corrected chi connectivity index (χ3v) is 4.46. The van der Waals surface area contributed by atoms with Crippen molar-refractivity contribution in [3.63, 3.8) is 0 Å². The summed E-state index contributed by atoms with van der Waals surface area (Å²) in [5.41, 5.74) is 0. The van der Waals surface area contributed by atoms with Crippen molar-refractivity contribution in [1.29, 1.82) is 0 Å². The topological polar surface area (TPSA) is 60.0 Å². The van der Waals surface area contributed by atoms with E-state index < -0.39 is 0 Å². The molecule has 0 atom stereocenters. The molecular formula is C15H30IN5O. The van der Waals surface area contributed by atoms with E-state index in [9.17, 15) is 4.79 Å². The average molecular weight is 423 g/mol. The van der Waals surface area contributed by atoms with E-state index in [0.29, 0.717) is 18.6 Å². The van der Waals surface area contributed by atoms with Crippen LogP contribution in [0.25, 0.3) is 0 Å². The van der Waals surface area contributed by atoms with Crippen LogP contribution < -0.4 is 10.6 Å². The molecule has 1 amide bonds. The summed E-state index contributed by atoms with van der Waals surface area (Å²) < 4.78 is 0. The predicted octanol–water partition coefficient (Wildman–Crippen LogP) is 0.874. The largest absolute Gasteiger partial charge is 0.354 e. The number of amides is 1. The second kappa shape index (κ2) is 9.54. The number of carbonyl (C=O) groups is 1. The van der Waals surface area contributed by atoms with Crippen molar-refractivity contribution in [2.24, 2.45) is 4.99 Å². The van der Waals surface area contributed by atoms with Gasteiger partial charge in [-0.2, -0.15) is 0 Å². The first-order valence-corrected chi connectivity index (χ1v) is 8.01. The molecule has 1 aliphatic carbocycles. The number of guanidine groups is 1. The zero-order chi connectivity index (χ0) is 15.2. The van der Waals surface area contributed by atoms with Crippen molar-refractivity contribution in [1.82, 2.24) is 20.4 Å². The Labute approximate surface area is 151 Å². The van der Waals surface area contributed by atoms with Crippen molar-refractivity contribution < 1.29 is 4.79 Å². The van der Waals surface area contributed by atoms with Gasteiger partial charge in [-0.1, -0.05) is 0 Å². The lowest BCUT2D eigenvalue weighted by Gasteiger charge is -2.34. The van der Waals surface area contributed by atoms with Gasteiger partial charge in [-0.05, 0) is 32.1 Å². The number of nitrogens with one attached hydrogen (secondary N) is 2. The lowest BCUT2D eigenvalue weighted by atomic mass is 9.93. The van der Waals surface area contributed by atoms with E-state index in [4.69, 9.17) is 0 Å². The molecular weight excluding hydrogens is 393 g/mol. The summed E-state index contributed by atoms with van der Waals surface area (Å²) in [4.78, 5) is 19.9. The Kier molecular flexibility index (Phi) is 8.45. The third-order valence-electron chi connectivity index (χ3n) is 4.46. The molecule has 7 heteroatoms. The van der Waals surface area contributed by atoms with Gasteiger partial charge < -0.3 is 15.5 Å². The molecule has 128 valence electrons. The third kappa shape index (κ3) is 5.91. The Morgan fingerprint density at radius 2 is 1.68 bits per heavy atom. The second-order valence-electron chi connectivity index (χ2n) is 6.33. The number of halogens is 1. The number of nitrogens with zero attached hydrogens (tertiary/aromatic N) is 3. The average Bonchev–Trinajstić information content (AvgIpc) is 2.43. The van der Waals surface area contributed by atoms with Crippen LogP contribution in [0.3, 0.4) is 0 Å². The molecule has 2 rings (SSSR count). The van der Waals surface area contributed by atoms with Gasteiger partial charge in [0, 0.05) is 46.3 Å². The highest BCUT2D eigenvalue weighted by atomic mass is 127. The van der Waals surface area contributed by atoms with E-state index in [2.05, 4.69) is 20.5 Å². The Bertz CT molecular complexity index is 376. The van der Waals surface area contributed by atoms with Gasteiger partial charge in [0.25, 0.3) is 0 Å². The normalized spacial score (nSPS) is 20.8. The predicted molar refractivity (Wildman–Crippen MR) is 101 cm³/mol. The second-order valence-corrected chi connectivity index (χ2v) is 6.33. The SMILES string of the molecule is CN=C(NC1CCC1)NC1CCN(CC(=O)N(C)C)CC1.I. The van der Waals surface area contributed by atoms with E-state index in [1.165, 1.54) is 19.3 Å². The van der Waals surface area contributed by atoms with Gasteiger partial charge in [0.2, 0.25) is 5.91 Å². The van der Waals surface area contributed by atoms with Gasteiger partial charge in [-0.3, -0.25) is 14.7 Å². The van der Waals surface area contributed by atoms with Gasteiger partial charge in [-0.25, -0.2) is 0 Å². The molecule has 0 unspecified atom stereocenters. The highest BCUT2D eigenvalue weighted by Gasteiger charge is 2.23. The smallest absolute Gasteiger partial charge is 0.236 e. The van der Waals surface area contributed by atoms with Crippen LogP contribution in [0.1, 0.15) is 32.1 Å². The molecule has 0 aromatic carbocycles. The molecule has 2 N–H and O–H groups in total. The Balaban J connectivity index is 0.00000242. The summed E-state index contributed by atoms with van der Waals surface area (Å²) in [6, 6.07) is 1.07. The lowest BCUT2D eigenvalue weighted by Crippen LogP contribution is -2.52. The number of aliphatic imine (C=N–C) groups is 1. The maximum atomic E-state index is 11.7. The fourth-order valence-corrected chi connectivity index (χ4v) is 2.68. The quantitative estimate of drug-likeness (QED) is 0.401. The first-order valence-electron chi connectivity index (χ1n) is 8.01. The molecule has 0 radical (unpaired) electrons. The molecule has 22 heavy (non-hydrogen) atoms. The summed E-state index contributed by atoms with van der Waals surface area (Å²) in [6.45, 7) is 2.48. The van der Waals surface area contributed by atoms with Gasteiger partial charge in [0.15, 0.2) is 5.96 Å². The summed E-state index contributed by atoms with van der Waals surface area (Å²) in [5, 5.41) is 6.99. The van der Waals surface area contributed by atoms with Crippen LogP contribution in [0.15, 0.2) is 4.99 Å². The molecule has 1 saturated heterocycles. The van der Waals surface area contributed by atoms with Crippen molar-refractivity contribution >= 4 is 35.8 Å². The molecule has 1 aliphatic heterocycles. The summed E-state index contributed by atoms with van der Waals surface area (Å²) in [7, 11) is 5.46. The number of rotatable bonds is 4. The maximum Gasteiger partial charge on any atom is 0.236 e. The summed E-state index contributed by atoms with van der Waals surface area (Å²) in [5.74, 6) is 1.12. The Morgan fingerprint density at radius 3 is 2.09 bits per heavy atom. The highest BCUT2D eigenvalue weighted by molar-refractivity contribution is 14.0. The van der Waals surface area contributed by atoms with Gasteiger partial charge >= 0.3 is 0 Å². The molecule has 0 aromatic heterocycles. The molecule has 1 saturated carbocycles. The molecule has 2 fully saturated rings. The van der Waals surface area contributed by atoms with Crippen molar-refractivity contribution in [3.05, 3.63) is 0 Å². The molecule has 1 heterocycles. The van der Waals surface area contributed by atoms with Crippen LogP contribution in [-0.4, -0.2) is 74.5 Å². The summed E-state index contributed by atoms with van der Waals surface area (Å²) >= 11 is 0. The highest BCUT2D eigenvalue weighted by Crippen LogP contribution is 2.18. The number of hydrogen-bond donors (Lipinski definition) is 2. The van der Waals surface area contributed by atoms with Crippen LogP contribution in [0.5, 0.6) is 0 Å². The van der Waals surface area contributed by atoms with E-state index >= 15 is 0 Å². The minimum Gasteiger partial charge on any atom is -0.354 e. The monoisotopic (exact) mass is 423 g/mol. The van der Waals surface area contributed by atoms with Gasteiger partial charge in [0.05, 0.1) is 6.54 Å². The van der Waals surface area contributed by atoms with Crippen LogP contribution >= 0.6 is 24.0 Å². The fourth-order valence-electron chi connectivity index (χ4n) is 2.68. The maximum absolute atomic E-state index is 11.7. The fraction of sp³-hybridized carbons (Fsp3) is 0.867. The minimum atomic E-state index is 0. The number of carbonyl (C=O) groups excluding carboxylic acids is 1. The zero-order valence-electron chi connectivity index (χ0n) is 14.0. The molecule has 0 aromatic rings. The molecule has 6 nitrogen and oxygen atoms in total. The van der Waals surface area contributed by atoms with Crippen molar-refractivity contribution in [2.45, 2.75) is 44.2 Å². The molecule has 2 aliphatic rings. The minimum absolute atomic E-state index is 0. The van der Waals surface area contributed by atoms with Crippen molar-refractivity contribution in [2.75, 3.05) is 40.8 Å². The lowest BCUT2D eigenvalue weighted by molar-refractivity contribution is -0.130. The van der Waals surface area contributed by atoms with E-state index in [1.54, 1.807) is 4.90 Å². The summed E-state index contributed by atoms with van der Waals surface area (Å²) in [6.07, 6.45) is 5.96. The van der Waals surface area contributed by atoms with Crippen LogP contribution in [0.4, 0.5) is 0 Å². The van der Waals surface area contributed by atoms with Crippen LogP contribution in [0, 0.1) is 0 Å².